The van der Waals surface area contributed by atoms with Crippen LogP contribution in [0.3, 0.4) is 0 Å². The van der Waals surface area contributed by atoms with Gasteiger partial charge in [-0.3, -0.25) is 0 Å². The van der Waals surface area contributed by atoms with E-state index in [9.17, 15) is 0 Å². The average molecular weight is 220 g/mol. The Morgan fingerprint density at radius 2 is 2.08 bits per heavy atom. The van der Waals surface area contributed by atoms with E-state index in [1.807, 2.05) is 25.1 Å². The minimum atomic E-state index is 0. The molecule has 0 spiro atoms. The summed E-state index contributed by atoms with van der Waals surface area (Å²) in [6.45, 7) is 0. The van der Waals surface area contributed by atoms with Gasteiger partial charge in [0.2, 0.25) is 0 Å². The Labute approximate surface area is 88.7 Å². The van der Waals surface area contributed by atoms with E-state index < -0.39 is 0 Å². The van der Waals surface area contributed by atoms with E-state index in [4.69, 9.17) is 17.1 Å². The van der Waals surface area contributed by atoms with E-state index in [1.165, 1.54) is 0 Å². The molecule has 0 saturated heterocycles. The van der Waals surface area contributed by atoms with Gasteiger partial charge in [-0.15, -0.1) is 12.4 Å². The van der Waals surface area contributed by atoms with E-state index in [0.717, 1.165) is 5.70 Å². The summed E-state index contributed by atoms with van der Waals surface area (Å²) in [5, 5.41) is 0.704. The second-order valence-electron chi connectivity index (χ2n) is 2.79. The maximum Gasteiger partial charge on any atom is 0.297 e. The molecule has 1 aliphatic carbocycles. The number of likely N-dealkylation sites (N-methyl/N-ethyl adjacent to an activating group) is 1. The van der Waals surface area contributed by atoms with E-state index in [-0.39, 0.29) is 12.4 Å². The Morgan fingerprint density at radius 3 is 2.46 bits per heavy atom. The van der Waals surface area contributed by atoms with Gasteiger partial charge in [-0.1, -0.05) is 11.6 Å². The van der Waals surface area contributed by atoms with Crippen molar-refractivity contribution in [3.63, 3.8) is 0 Å². The van der Waals surface area contributed by atoms with Gasteiger partial charge in [0.05, 0.1) is 17.2 Å². The average Bonchev–Trinajstić information content (AvgIpc) is 2.03. The van der Waals surface area contributed by atoms with Crippen molar-refractivity contribution in [2.75, 3.05) is 14.1 Å². The lowest BCUT2D eigenvalue weighted by atomic mass is 10.1. The van der Waals surface area contributed by atoms with E-state index >= 15 is 0 Å². The first-order chi connectivity index (χ1) is 5.65. The van der Waals surface area contributed by atoms with Crippen LogP contribution in [0.4, 0.5) is 0 Å². The lowest BCUT2D eigenvalue weighted by Crippen LogP contribution is -2.15. The first-order valence-electron chi connectivity index (χ1n) is 3.60. The highest BCUT2D eigenvalue weighted by atomic mass is 35.5. The van der Waals surface area contributed by atoms with Crippen LogP contribution in [-0.4, -0.2) is 29.5 Å². The van der Waals surface area contributed by atoms with Crippen molar-refractivity contribution in [1.29, 1.82) is 0 Å². The van der Waals surface area contributed by atoms with Crippen LogP contribution in [0.15, 0.2) is 22.9 Å². The van der Waals surface area contributed by atoms with E-state index in [2.05, 4.69) is 4.79 Å². The summed E-state index contributed by atoms with van der Waals surface area (Å²) in [5.74, 6) is 0. The third-order valence-corrected chi connectivity index (χ3v) is 1.99. The van der Waals surface area contributed by atoms with Crippen LogP contribution in [0.25, 0.3) is 5.53 Å². The Balaban J connectivity index is 0.00000144. The number of nitrogens with zero attached hydrogens (tertiary/aromatic N) is 3. The molecule has 1 aliphatic rings. The zero-order chi connectivity index (χ0) is 9.14. The fraction of sp³-hybridized carbons (Fsp3) is 0.375. The van der Waals surface area contributed by atoms with Crippen LogP contribution >= 0.6 is 24.0 Å². The molecule has 0 heterocycles. The maximum absolute atomic E-state index is 8.48. The van der Waals surface area contributed by atoms with Gasteiger partial charge in [0.25, 0.3) is 5.71 Å². The summed E-state index contributed by atoms with van der Waals surface area (Å²) in [6, 6.07) is 0. The van der Waals surface area contributed by atoms with Crippen molar-refractivity contribution in [3.05, 3.63) is 28.4 Å². The van der Waals surface area contributed by atoms with Gasteiger partial charge in [0.15, 0.2) is 0 Å². The van der Waals surface area contributed by atoms with Gasteiger partial charge < -0.3 is 10.4 Å². The van der Waals surface area contributed by atoms with Crippen LogP contribution in [0.5, 0.6) is 0 Å². The van der Waals surface area contributed by atoms with Crippen molar-refractivity contribution in [3.8, 4) is 0 Å². The molecule has 0 aromatic carbocycles. The predicted octanol–water partition coefficient (Wildman–Crippen LogP) is 2.05. The first kappa shape index (κ1) is 12.2. The van der Waals surface area contributed by atoms with Gasteiger partial charge in [-0.25, -0.2) is 0 Å². The van der Waals surface area contributed by atoms with Crippen molar-refractivity contribution in [1.82, 2.24) is 4.90 Å². The molecule has 3 nitrogen and oxygen atoms in total. The Hall–Kier alpha value is -0.760. The molecular weight excluding hydrogens is 209 g/mol. The summed E-state index contributed by atoms with van der Waals surface area (Å²) in [4.78, 5) is 5.01. The first-order valence-corrected chi connectivity index (χ1v) is 3.98. The molecule has 0 radical (unpaired) electrons. The minimum absolute atomic E-state index is 0. The molecule has 0 unspecified atom stereocenters. The van der Waals surface area contributed by atoms with Gasteiger partial charge >= 0.3 is 0 Å². The monoisotopic (exact) mass is 219 g/mol. The van der Waals surface area contributed by atoms with Crippen LogP contribution in [0.1, 0.15) is 6.42 Å². The summed E-state index contributed by atoms with van der Waals surface area (Å²) in [6.07, 6.45) is 4.09. The Morgan fingerprint density at radius 1 is 1.46 bits per heavy atom. The van der Waals surface area contributed by atoms with E-state index in [0.29, 0.717) is 17.2 Å². The number of hydrogen-bond acceptors (Lipinski definition) is 1. The lowest BCUT2D eigenvalue weighted by Gasteiger charge is -2.17. The minimum Gasteiger partial charge on any atom is -0.377 e. The zero-order valence-electron chi connectivity index (χ0n) is 7.49. The molecule has 0 aromatic rings. The van der Waals surface area contributed by atoms with Crippen LogP contribution in [0.2, 0.25) is 0 Å². The lowest BCUT2D eigenvalue weighted by molar-refractivity contribution is -0.00554. The largest absolute Gasteiger partial charge is 0.377 e. The number of rotatable bonds is 1. The SMILES string of the molecule is CN(C)C1=C(Cl)CC(=[N+]=[N-])C=C1.Cl. The standard InChI is InChI=1S/C8H10ClN3.ClH/c1-12(2)8-4-3-6(11-10)5-7(8)9;/h3-4H,5H2,1-2H3;1H. The molecule has 72 valence electrons. The second-order valence-corrected chi connectivity index (χ2v) is 3.24. The van der Waals surface area contributed by atoms with Crippen molar-refractivity contribution in [2.24, 2.45) is 0 Å². The molecule has 0 aliphatic heterocycles. The number of hydrogen-bond donors (Lipinski definition) is 0. The molecule has 0 fully saturated rings. The van der Waals surface area contributed by atoms with E-state index in [1.54, 1.807) is 6.08 Å². The zero-order valence-corrected chi connectivity index (χ0v) is 9.06. The highest BCUT2D eigenvalue weighted by Gasteiger charge is 2.16. The second kappa shape index (κ2) is 5.07. The van der Waals surface area contributed by atoms with Crippen LogP contribution < -0.4 is 0 Å². The van der Waals surface area contributed by atoms with Crippen molar-refractivity contribution in [2.45, 2.75) is 6.42 Å². The maximum atomic E-state index is 8.48. The van der Waals surface area contributed by atoms with Gasteiger partial charge in [0, 0.05) is 20.2 Å². The molecule has 0 N–H and O–H groups in total. The highest BCUT2D eigenvalue weighted by molar-refractivity contribution is 6.32. The fourth-order valence-corrected chi connectivity index (χ4v) is 1.40. The normalized spacial score (nSPS) is 15.2. The van der Waals surface area contributed by atoms with Crippen molar-refractivity contribution >= 4 is 29.7 Å². The topological polar surface area (TPSA) is 39.6 Å². The molecule has 0 saturated carbocycles. The number of halogens is 2. The molecular formula is C8H11Cl2N3. The molecule has 0 aromatic heterocycles. The van der Waals surface area contributed by atoms with Gasteiger partial charge in [-0.2, -0.15) is 4.79 Å². The summed E-state index contributed by atoms with van der Waals surface area (Å²) in [7, 11) is 3.84. The Kier molecular flexibility index (Phi) is 4.78. The Bertz CT molecular complexity index is 299. The molecule has 0 amide bonds. The van der Waals surface area contributed by atoms with Gasteiger partial charge in [-0.05, 0) is 6.08 Å². The van der Waals surface area contributed by atoms with Gasteiger partial charge in [0.1, 0.15) is 0 Å². The predicted molar refractivity (Wildman–Crippen MR) is 56.2 cm³/mol. The molecule has 5 heteroatoms. The molecule has 13 heavy (non-hydrogen) atoms. The highest BCUT2D eigenvalue weighted by Crippen LogP contribution is 2.21. The summed E-state index contributed by atoms with van der Waals surface area (Å²) in [5.41, 5.74) is 10.0. The third-order valence-electron chi connectivity index (χ3n) is 1.66. The fourth-order valence-electron chi connectivity index (χ4n) is 1.03. The van der Waals surface area contributed by atoms with Crippen molar-refractivity contribution < 1.29 is 4.79 Å². The van der Waals surface area contributed by atoms with Crippen LogP contribution in [-0.2, 0) is 0 Å². The smallest absolute Gasteiger partial charge is 0.297 e. The third kappa shape index (κ3) is 2.88. The molecule has 1 rings (SSSR count). The molecule has 0 bridgehead atoms. The van der Waals surface area contributed by atoms with Crippen LogP contribution in [0, 0.1) is 0 Å². The summed E-state index contributed by atoms with van der Waals surface area (Å²) < 4.78 is 0. The quantitative estimate of drug-likeness (QED) is 0.492. The number of allylic oxidation sites excluding steroid dienone is 3. The molecule has 0 atom stereocenters. The summed E-state index contributed by atoms with van der Waals surface area (Å²) >= 11 is 5.95.